The van der Waals surface area contributed by atoms with Crippen LogP contribution in [0.4, 0.5) is 0 Å². The van der Waals surface area contributed by atoms with Gasteiger partial charge in [0.25, 0.3) is 0 Å². The first-order chi connectivity index (χ1) is 10.9. The van der Waals surface area contributed by atoms with E-state index in [1.807, 2.05) is 30.6 Å². The van der Waals surface area contributed by atoms with E-state index in [1.165, 1.54) is 5.56 Å². The number of nitrogens with zero attached hydrogens (tertiary/aromatic N) is 2. The van der Waals surface area contributed by atoms with E-state index in [0.717, 1.165) is 27.9 Å². The maximum atomic E-state index is 5.10. The summed E-state index contributed by atoms with van der Waals surface area (Å²) in [5.41, 5.74) is 5.33. The van der Waals surface area contributed by atoms with Crippen molar-refractivity contribution in [2.45, 2.75) is 38.6 Å². The highest BCUT2D eigenvalue weighted by molar-refractivity contribution is 6.14. The number of rotatable bonds is 1. The van der Waals surface area contributed by atoms with E-state index in [4.69, 9.17) is 4.99 Å². The normalized spacial score (nSPS) is 18.5. The molecule has 4 rings (SSSR count). The lowest BCUT2D eigenvalue weighted by atomic mass is 9.67. The SMILES string of the molecule is CC1(C)N=C(c2cnc3ccccc3c2)c2[nH]ccc2C1(C)C. The number of para-hydroxylation sites is 1. The molecule has 0 amide bonds. The van der Waals surface area contributed by atoms with Crippen molar-refractivity contribution in [3.05, 3.63) is 65.6 Å². The zero-order valence-corrected chi connectivity index (χ0v) is 14.0. The first-order valence-electron chi connectivity index (χ1n) is 8.03. The summed E-state index contributed by atoms with van der Waals surface area (Å²) in [4.78, 5) is 13.1. The number of benzene rings is 1. The highest BCUT2D eigenvalue weighted by Crippen LogP contribution is 2.43. The van der Waals surface area contributed by atoms with Crippen molar-refractivity contribution >= 4 is 16.6 Å². The van der Waals surface area contributed by atoms with Crippen LogP contribution in [0.15, 0.2) is 53.8 Å². The Morgan fingerprint density at radius 3 is 2.61 bits per heavy atom. The highest BCUT2D eigenvalue weighted by Gasteiger charge is 2.44. The molecule has 2 aromatic heterocycles. The Balaban J connectivity index is 1.95. The van der Waals surface area contributed by atoms with Gasteiger partial charge in [-0.15, -0.1) is 0 Å². The summed E-state index contributed by atoms with van der Waals surface area (Å²) in [5.74, 6) is 0. The molecule has 0 saturated carbocycles. The fourth-order valence-corrected chi connectivity index (χ4v) is 3.30. The van der Waals surface area contributed by atoms with E-state index in [0.29, 0.717) is 0 Å². The average molecular weight is 303 g/mol. The Bertz CT molecular complexity index is 929. The minimum absolute atomic E-state index is 0.0177. The first kappa shape index (κ1) is 14.2. The van der Waals surface area contributed by atoms with Crippen LogP contribution >= 0.6 is 0 Å². The summed E-state index contributed by atoms with van der Waals surface area (Å²) in [6.45, 7) is 8.94. The molecule has 3 nitrogen and oxygen atoms in total. The third kappa shape index (κ3) is 1.96. The number of H-pyrrole nitrogens is 1. The molecule has 0 unspecified atom stereocenters. The lowest BCUT2D eigenvalue weighted by Gasteiger charge is -2.43. The van der Waals surface area contributed by atoms with Gasteiger partial charge in [0.1, 0.15) is 0 Å². The zero-order chi connectivity index (χ0) is 16.2. The van der Waals surface area contributed by atoms with E-state index < -0.39 is 0 Å². The van der Waals surface area contributed by atoms with Crippen molar-refractivity contribution in [3.63, 3.8) is 0 Å². The quantitative estimate of drug-likeness (QED) is 0.708. The van der Waals surface area contributed by atoms with E-state index >= 15 is 0 Å². The maximum absolute atomic E-state index is 5.10. The predicted octanol–water partition coefficient (Wildman–Crippen LogP) is 4.47. The number of pyridine rings is 1. The number of aliphatic imine (C=N–C) groups is 1. The standard InChI is InChI=1S/C20H21N3/c1-19(2)15-9-10-21-18(15)17(23-20(19,3)4)14-11-13-7-5-6-8-16(13)22-12-14/h5-12,21H,1-4H3. The number of aromatic amines is 1. The topological polar surface area (TPSA) is 41.0 Å². The fraction of sp³-hybridized carbons (Fsp3) is 0.300. The maximum Gasteiger partial charge on any atom is 0.0907 e. The molecule has 0 bridgehead atoms. The van der Waals surface area contributed by atoms with Gasteiger partial charge in [0.2, 0.25) is 0 Å². The lowest BCUT2D eigenvalue weighted by Crippen LogP contribution is -2.45. The summed E-state index contributed by atoms with van der Waals surface area (Å²) in [6, 6.07) is 12.6. The number of aromatic nitrogens is 2. The Hall–Kier alpha value is -2.42. The lowest BCUT2D eigenvalue weighted by molar-refractivity contribution is 0.304. The Kier molecular flexibility index (Phi) is 2.80. The van der Waals surface area contributed by atoms with Gasteiger partial charge in [-0.1, -0.05) is 32.0 Å². The molecule has 23 heavy (non-hydrogen) atoms. The van der Waals surface area contributed by atoms with Crippen molar-refractivity contribution in [1.82, 2.24) is 9.97 Å². The number of hydrogen-bond donors (Lipinski definition) is 1. The van der Waals surface area contributed by atoms with E-state index in [2.05, 4.69) is 55.9 Å². The molecule has 1 aliphatic heterocycles. The van der Waals surface area contributed by atoms with Crippen LogP contribution < -0.4 is 0 Å². The second kappa shape index (κ2) is 4.54. The van der Waals surface area contributed by atoms with Gasteiger partial charge >= 0.3 is 0 Å². The molecule has 0 aliphatic carbocycles. The molecule has 1 N–H and O–H groups in total. The third-order valence-corrected chi connectivity index (χ3v) is 5.44. The van der Waals surface area contributed by atoms with Gasteiger partial charge in [0.15, 0.2) is 0 Å². The summed E-state index contributed by atoms with van der Waals surface area (Å²) in [7, 11) is 0. The summed E-state index contributed by atoms with van der Waals surface area (Å²) in [6.07, 6.45) is 3.94. The van der Waals surface area contributed by atoms with Gasteiger partial charge < -0.3 is 4.98 Å². The molecule has 1 aliphatic rings. The largest absolute Gasteiger partial charge is 0.360 e. The second-order valence-corrected chi connectivity index (χ2v) is 7.33. The van der Waals surface area contributed by atoms with Crippen LogP contribution in [-0.2, 0) is 5.41 Å². The van der Waals surface area contributed by atoms with Crippen molar-refractivity contribution < 1.29 is 0 Å². The van der Waals surface area contributed by atoms with Crippen LogP contribution in [-0.4, -0.2) is 21.2 Å². The monoisotopic (exact) mass is 303 g/mol. The molecule has 3 aromatic rings. The van der Waals surface area contributed by atoms with Crippen LogP contribution in [0.2, 0.25) is 0 Å². The van der Waals surface area contributed by atoms with Gasteiger partial charge in [-0.3, -0.25) is 9.98 Å². The van der Waals surface area contributed by atoms with Crippen LogP contribution in [0.25, 0.3) is 10.9 Å². The molecule has 0 fully saturated rings. The molecule has 3 heterocycles. The van der Waals surface area contributed by atoms with E-state index in [-0.39, 0.29) is 11.0 Å². The van der Waals surface area contributed by atoms with Crippen LogP contribution in [0, 0.1) is 0 Å². The molecule has 3 heteroatoms. The first-order valence-corrected chi connectivity index (χ1v) is 8.03. The predicted molar refractivity (Wildman–Crippen MR) is 95.3 cm³/mol. The zero-order valence-electron chi connectivity index (χ0n) is 14.0. The van der Waals surface area contributed by atoms with Crippen molar-refractivity contribution in [3.8, 4) is 0 Å². The Morgan fingerprint density at radius 1 is 1.00 bits per heavy atom. The average Bonchev–Trinajstić information content (AvgIpc) is 3.01. The minimum atomic E-state index is -0.177. The van der Waals surface area contributed by atoms with Gasteiger partial charge in [0.05, 0.1) is 22.5 Å². The Labute approximate surface area is 136 Å². The molecule has 0 atom stereocenters. The van der Waals surface area contributed by atoms with Crippen LogP contribution in [0.1, 0.15) is 44.5 Å². The van der Waals surface area contributed by atoms with E-state index in [9.17, 15) is 0 Å². The van der Waals surface area contributed by atoms with Crippen molar-refractivity contribution in [2.75, 3.05) is 0 Å². The van der Waals surface area contributed by atoms with Gasteiger partial charge in [-0.25, -0.2) is 0 Å². The van der Waals surface area contributed by atoms with Crippen molar-refractivity contribution in [2.24, 2.45) is 4.99 Å². The number of hydrogen-bond acceptors (Lipinski definition) is 2. The summed E-state index contributed by atoms with van der Waals surface area (Å²) in [5, 5.41) is 1.14. The molecule has 0 saturated heterocycles. The molecule has 116 valence electrons. The molecule has 1 aromatic carbocycles. The molecular formula is C20H21N3. The van der Waals surface area contributed by atoms with Crippen molar-refractivity contribution in [1.29, 1.82) is 0 Å². The van der Waals surface area contributed by atoms with Crippen LogP contribution in [0.5, 0.6) is 0 Å². The van der Waals surface area contributed by atoms with E-state index in [1.54, 1.807) is 0 Å². The van der Waals surface area contributed by atoms with Gasteiger partial charge in [-0.2, -0.15) is 0 Å². The molecule has 0 radical (unpaired) electrons. The summed E-state index contributed by atoms with van der Waals surface area (Å²) >= 11 is 0. The molecular weight excluding hydrogens is 282 g/mol. The van der Waals surface area contributed by atoms with Gasteiger partial charge in [0, 0.05) is 28.8 Å². The second-order valence-electron chi connectivity index (χ2n) is 7.33. The van der Waals surface area contributed by atoms with Gasteiger partial charge in [-0.05, 0) is 37.6 Å². The Morgan fingerprint density at radius 2 is 1.78 bits per heavy atom. The molecule has 0 spiro atoms. The third-order valence-electron chi connectivity index (χ3n) is 5.44. The summed E-state index contributed by atoms with van der Waals surface area (Å²) < 4.78 is 0. The number of nitrogens with one attached hydrogen (secondary N) is 1. The smallest absolute Gasteiger partial charge is 0.0907 e. The van der Waals surface area contributed by atoms with Crippen LogP contribution in [0.3, 0.4) is 0 Å². The minimum Gasteiger partial charge on any atom is -0.360 e. The number of fused-ring (bicyclic) bond motifs is 2. The fourth-order valence-electron chi connectivity index (χ4n) is 3.30. The highest BCUT2D eigenvalue weighted by atomic mass is 14.9.